The zero-order valence-corrected chi connectivity index (χ0v) is 18.1. The van der Waals surface area contributed by atoms with E-state index in [1.54, 1.807) is 6.92 Å². The van der Waals surface area contributed by atoms with Crippen LogP contribution in [-0.4, -0.2) is 75.1 Å². The molecule has 13 nitrogen and oxygen atoms in total. The smallest absolute Gasteiger partial charge is 0.326 e. The maximum atomic E-state index is 12.1. The summed E-state index contributed by atoms with van der Waals surface area (Å²) in [6, 6.07) is -4.83. The predicted octanol–water partition coefficient (Wildman–Crippen LogP) is -1.21. The maximum absolute atomic E-state index is 12.1. The fourth-order valence-electron chi connectivity index (χ4n) is 2.63. The van der Waals surface area contributed by atoms with Crippen molar-refractivity contribution in [2.75, 3.05) is 0 Å². The summed E-state index contributed by atoms with van der Waals surface area (Å²) in [5, 5.41) is 34.1. The third-order valence-corrected chi connectivity index (χ3v) is 4.48. The van der Waals surface area contributed by atoms with Gasteiger partial charge in [0.2, 0.25) is 17.7 Å². The molecule has 13 heteroatoms. The van der Waals surface area contributed by atoms with Gasteiger partial charge in [0.15, 0.2) is 0 Å². The van der Waals surface area contributed by atoms with Crippen LogP contribution in [0.2, 0.25) is 0 Å². The number of hydrogen-bond donors (Lipinski definition) is 7. The summed E-state index contributed by atoms with van der Waals surface area (Å²) in [4.78, 5) is 69.1. The highest BCUT2D eigenvalue weighted by Gasteiger charge is 2.26. The van der Waals surface area contributed by atoms with Crippen LogP contribution in [0.1, 0.15) is 58.8 Å². The van der Waals surface area contributed by atoms with E-state index in [1.807, 2.05) is 0 Å². The lowest BCUT2D eigenvalue weighted by atomic mass is 10.1. The number of aliphatic carboxylic acids is 3. The van der Waals surface area contributed by atoms with Gasteiger partial charge in [0.1, 0.15) is 24.2 Å². The van der Waals surface area contributed by atoms with Crippen molar-refractivity contribution >= 4 is 35.6 Å². The molecule has 0 radical (unpaired) electrons. The SMILES string of the molecule is CCCC(=O)NC(C)C(=O)NC(CCC(=O)NC(CCCC(N)C(=O)O)C(=O)O)C(=O)O. The van der Waals surface area contributed by atoms with Crippen LogP contribution in [0.25, 0.3) is 0 Å². The number of nitrogens with one attached hydrogen (secondary N) is 3. The highest BCUT2D eigenvalue weighted by atomic mass is 16.4. The number of carboxylic acid groups (broad SMARTS) is 3. The van der Waals surface area contributed by atoms with Crippen molar-refractivity contribution in [3.05, 3.63) is 0 Å². The van der Waals surface area contributed by atoms with Gasteiger partial charge in [-0.15, -0.1) is 0 Å². The second-order valence-electron chi connectivity index (χ2n) is 7.31. The minimum atomic E-state index is -1.42. The number of carboxylic acids is 3. The lowest BCUT2D eigenvalue weighted by Crippen LogP contribution is -2.50. The molecule has 0 rings (SSSR count). The molecule has 182 valence electrons. The molecular formula is C19H32N4O9. The molecule has 8 N–H and O–H groups in total. The van der Waals surface area contributed by atoms with Crippen LogP contribution in [0.5, 0.6) is 0 Å². The van der Waals surface area contributed by atoms with Crippen LogP contribution in [0.4, 0.5) is 0 Å². The van der Waals surface area contributed by atoms with Crippen molar-refractivity contribution in [2.45, 2.75) is 83.0 Å². The van der Waals surface area contributed by atoms with Crippen LogP contribution in [0.15, 0.2) is 0 Å². The average Bonchev–Trinajstić information content (AvgIpc) is 2.69. The van der Waals surface area contributed by atoms with Crippen molar-refractivity contribution in [3.8, 4) is 0 Å². The molecule has 0 aromatic heterocycles. The molecule has 3 amide bonds. The molecule has 0 aliphatic heterocycles. The summed E-state index contributed by atoms with van der Waals surface area (Å²) >= 11 is 0. The highest BCUT2D eigenvalue weighted by Crippen LogP contribution is 2.06. The Morgan fingerprint density at radius 1 is 0.750 bits per heavy atom. The third kappa shape index (κ3) is 11.8. The van der Waals surface area contributed by atoms with E-state index in [1.165, 1.54) is 6.92 Å². The first kappa shape index (κ1) is 28.8. The van der Waals surface area contributed by atoms with Gasteiger partial charge in [0.05, 0.1) is 0 Å². The molecule has 0 aromatic rings. The molecule has 0 aromatic carbocycles. The Morgan fingerprint density at radius 2 is 1.28 bits per heavy atom. The molecule has 4 unspecified atom stereocenters. The van der Waals surface area contributed by atoms with Crippen molar-refractivity contribution in [1.82, 2.24) is 16.0 Å². The molecule has 0 aliphatic carbocycles. The fourth-order valence-corrected chi connectivity index (χ4v) is 2.63. The molecule has 0 saturated carbocycles. The number of hydrogen-bond acceptors (Lipinski definition) is 7. The number of carbonyl (C=O) groups excluding carboxylic acids is 3. The van der Waals surface area contributed by atoms with Gasteiger partial charge in [-0.05, 0) is 39.0 Å². The van der Waals surface area contributed by atoms with Gasteiger partial charge in [-0.1, -0.05) is 6.92 Å². The first-order valence-corrected chi connectivity index (χ1v) is 10.2. The molecule has 0 spiro atoms. The van der Waals surface area contributed by atoms with Crippen LogP contribution in [0, 0.1) is 0 Å². The Balaban J connectivity index is 4.68. The zero-order valence-electron chi connectivity index (χ0n) is 18.1. The van der Waals surface area contributed by atoms with Crippen molar-refractivity contribution in [1.29, 1.82) is 0 Å². The van der Waals surface area contributed by atoms with Gasteiger partial charge < -0.3 is 37.0 Å². The number of carbonyl (C=O) groups is 6. The Hall–Kier alpha value is -3.22. The maximum Gasteiger partial charge on any atom is 0.326 e. The molecule has 32 heavy (non-hydrogen) atoms. The van der Waals surface area contributed by atoms with Crippen molar-refractivity contribution < 1.29 is 44.1 Å². The standard InChI is InChI=1S/C19H32N4O9/c1-3-5-14(24)21-10(2)16(26)23-13(19(31)32)8-9-15(25)22-12(18(29)30)7-4-6-11(20)17(27)28/h10-13H,3-9,20H2,1-2H3,(H,21,24)(H,22,25)(H,23,26)(H,27,28)(H,29,30)(H,31,32). The Morgan fingerprint density at radius 3 is 1.78 bits per heavy atom. The van der Waals surface area contributed by atoms with E-state index >= 15 is 0 Å². The lowest BCUT2D eigenvalue weighted by Gasteiger charge is -2.19. The average molecular weight is 460 g/mol. The second-order valence-corrected chi connectivity index (χ2v) is 7.31. The van der Waals surface area contributed by atoms with Crippen LogP contribution in [-0.2, 0) is 28.8 Å². The summed E-state index contributed by atoms with van der Waals surface area (Å²) < 4.78 is 0. The van der Waals surface area contributed by atoms with E-state index in [2.05, 4.69) is 16.0 Å². The van der Waals surface area contributed by atoms with Gasteiger partial charge in [-0.25, -0.2) is 9.59 Å². The van der Waals surface area contributed by atoms with Gasteiger partial charge in [0, 0.05) is 12.8 Å². The minimum absolute atomic E-state index is 0.0229. The molecule has 0 fully saturated rings. The van der Waals surface area contributed by atoms with Crippen molar-refractivity contribution in [2.24, 2.45) is 5.73 Å². The number of amides is 3. The van der Waals surface area contributed by atoms with E-state index < -0.39 is 53.9 Å². The monoisotopic (exact) mass is 460 g/mol. The summed E-state index contributed by atoms with van der Waals surface area (Å²) in [5.74, 6) is -5.78. The normalized spacial score (nSPS) is 14.3. The quantitative estimate of drug-likeness (QED) is 0.145. The van der Waals surface area contributed by atoms with Crippen LogP contribution < -0.4 is 21.7 Å². The van der Waals surface area contributed by atoms with E-state index in [9.17, 15) is 39.0 Å². The molecular weight excluding hydrogens is 428 g/mol. The van der Waals surface area contributed by atoms with Crippen molar-refractivity contribution in [3.63, 3.8) is 0 Å². The van der Waals surface area contributed by atoms with Gasteiger partial charge >= 0.3 is 17.9 Å². The molecule has 0 saturated heterocycles. The van der Waals surface area contributed by atoms with E-state index in [-0.39, 0.29) is 44.4 Å². The molecule has 0 aliphatic rings. The lowest BCUT2D eigenvalue weighted by molar-refractivity contribution is -0.143. The second kappa shape index (κ2) is 14.7. The van der Waals surface area contributed by atoms with Gasteiger partial charge in [-0.3, -0.25) is 19.2 Å². The first-order chi connectivity index (χ1) is 14.9. The first-order valence-electron chi connectivity index (χ1n) is 10.2. The zero-order chi connectivity index (χ0) is 24.8. The Bertz CT molecular complexity index is 698. The Labute approximate surface area is 185 Å². The summed E-state index contributed by atoms with van der Waals surface area (Å²) in [5.41, 5.74) is 5.34. The largest absolute Gasteiger partial charge is 0.480 e. The Kier molecular flexibility index (Phi) is 13.2. The molecule has 0 heterocycles. The van der Waals surface area contributed by atoms with E-state index in [0.29, 0.717) is 6.42 Å². The molecule has 4 atom stereocenters. The van der Waals surface area contributed by atoms with E-state index in [0.717, 1.165) is 0 Å². The van der Waals surface area contributed by atoms with Gasteiger partial charge in [0.25, 0.3) is 0 Å². The summed E-state index contributed by atoms with van der Waals surface area (Å²) in [6.45, 7) is 3.18. The third-order valence-electron chi connectivity index (χ3n) is 4.48. The molecule has 0 bridgehead atoms. The number of nitrogens with two attached hydrogens (primary N) is 1. The van der Waals surface area contributed by atoms with E-state index in [4.69, 9.17) is 10.8 Å². The fraction of sp³-hybridized carbons (Fsp3) is 0.684. The van der Waals surface area contributed by atoms with Crippen LogP contribution in [0.3, 0.4) is 0 Å². The highest BCUT2D eigenvalue weighted by molar-refractivity contribution is 5.90. The topological polar surface area (TPSA) is 225 Å². The van der Waals surface area contributed by atoms with Crippen LogP contribution >= 0.6 is 0 Å². The summed E-state index contributed by atoms with van der Waals surface area (Å²) in [7, 11) is 0. The van der Waals surface area contributed by atoms with Gasteiger partial charge in [-0.2, -0.15) is 0 Å². The summed E-state index contributed by atoms with van der Waals surface area (Å²) in [6.07, 6.45) is 0.209. The number of rotatable bonds is 16. The minimum Gasteiger partial charge on any atom is -0.480 e. The predicted molar refractivity (Wildman–Crippen MR) is 110 cm³/mol.